The van der Waals surface area contributed by atoms with Crippen molar-refractivity contribution in [1.82, 2.24) is 0 Å². The summed E-state index contributed by atoms with van der Waals surface area (Å²) in [6.07, 6.45) is 7.24. The maximum absolute atomic E-state index is 8.91. The molecule has 2 aliphatic carbocycles. The van der Waals surface area contributed by atoms with Crippen LogP contribution in [0.4, 0.5) is 0 Å². The van der Waals surface area contributed by atoms with Crippen molar-refractivity contribution in [3.8, 4) is 22.3 Å². The molecule has 0 bridgehead atoms. The van der Waals surface area contributed by atoms with Gasteiger partial charge < -0.3 is 0 Å². The van der Waals surface area contributed by atoms with Gasteiger partial charge in [-0.2, -0.15) is 0 Å². The van der Waals surface area contributed by atoms with Crippen LogP contribution in [0.2, 0.25) is 13.1 Å². The zero-order valence-corrected chi connectivity index (χ0v) is 38.2. The Hall–Kier alpha value is -1.97. The van der Waals surface area contributed by atoms with E-state index < -0.39 is 21.3 Å². The molecule has 0 spiro atoms. The van der Waals surface area contributed by atoms with Crippen LogP contribution in [0.1, 0.15) is 121 Å². The number of benzene rings is 4. The summed E-state index contributed by atoms with van der Waals surface area (Å²) in [5, 5.41) is 0. The summed E-state index contributed by atoms with van der Waals surface area (Å²) in [6.45, 7) is 23.7. The van der Waals surface area contributed by atoms with Gasteiger partial charge in [0.15, 0.2) is 0 Å². The Labute approximate surface area is 312 Å². The number of fused-ring (bicyclic) bond motifs is 2. The standard InChI is InChI=1S/2C22H25.C2H7Si.2ClH.Hf/c2*1-5-16(4)18-13-17-9-8-12-21(22(17)14-18)20-11-7-6-10-19(20)15(2)3;1-3-2;;;/h2*6-16H,5H2,1-4H3;3H,1-2H3;2*1H;/q;;;;;+2/p-2. The van der Waals surface area contributed by atoms with Gasteiger partial charge in [-0.25, -0.2) is 0 Å². The van der Waals surface area contributed by atoms with E-state index in [1.54, 1.807) is 0 Å². The predicted molar refractivity (Wildman–Crippen MR) is 223 cm³/mol. The molecule has 263 valence electrons. The molecule has 0 saturated heterocycles. The van der Waals surface area contributed by atoms with E-state index in [-0.39, 0.29) is 7.35 Å². The first kappa shape index (κ1) is 37.8. The van der Waals surface area contributed by atoms with Crippen LogP contribution in [0, 0.1) is 11.8 Å². The van der Waals surface area contributed by atoms with Gasteiger partial charge >= 0.3 is 315 Å². The Balaban J connectivity index is 1.65. The summed E-state index contributed by atoms with van der Waals surface area (Å²) < 4.78 is 0.182. The quantitative estimate of drug-likeness (QED) is 0.132. The summed E-state index contributed by atoms with van der Waals surface area (Å²) in [7, 11) is 17.8. The van der Waals surface area contributed by atoms with Crippen LogP contribution in [-0.4, -0.2) is 5.98 Å². The SMILES string of the molecule is CCC(C)C1=Cc2c(-c3ccccc3C(C)C)cccc2[CH]1[Hf]([Cl])([Cl])([CH]1C(C(C)CC)=Cc2c(-c3ccccc3C(C)C)cccc21)[SiH](C)C. The van der Waals surface area contributed by atoms with Gasteiger partial charge in [0, 0.05) is 0 Å². The normalized spacial score (nSPS) is 19.2. The van der Waals surface area contributed by atoms with Crippen LogP contribution in [0.25, 0.3) is 34.4 Å². The number of halogens is 2. The molecule has 0 saturated carbocycles. The summed E-state index contributed by atoms with van der Waals surface area (Å²) in [5.74, 6) is -0.0401. The van der Waals surface area contributed by atoms with E-state index in [9.17, 15) is 0 Å². The van der Waals surface area contributed by atoms with E-state index in [0.29, 0.717) is 23.7 Å². The monoisotopic (exact) mass is 887 g/mol. The first-order chi connectivity index (χ1) is 23.8. The summed E-state index contributed by atoms with van der Waals surface area (Å²) in [4.78, 5) is 0. The number of allylic oxidation sites excluding steroid dienone is 2. The van der Waals surface area contributed by atoms with Gasteiger partial charge in [0.25, 0.3) is 0 Å². The topological polar surface area (TPSA) is 0 Å². The van der Waals surface area contributed by atoms with Gasteiger partial charge in [0.2, 0.25) is 0 Å². The van der Waals surface area contributed by atoms with E-state index in [1.165, 1.54) is 66.8 Å². The zero-order chi connectivity index (χ0) is 36.1. The fourth-order valence-corrected chi connectivity index (χ4v) is 53.5. The van der Waals surface area contributed by atoms with Crippen LogP contribution in [-0.2, 0) is 15.3 Å². The third-order valence-corrected chi connectivity index (χ3v) is 85.1. The van der Waals surface area contributed by atoms with E-state index in [1.807, 2.05) is 0 Å². The molecule has 0 heterocycles. The predicted octanol–water partition coefficient (Wildman–Crippen LogP) is 14.9. The van der Waals surface area contributed by atoms with Crippen molar-refractivity contribution in [1.29, 1.82) is 0 Å². The van der Waals surface area contributed by atoms with Gasteiger partial charge in [0.1, 0.15) is 0 Å². The van der Waals surface area contributed by atoms with Gasteiger partial charge in [-0.05, 0) is 0 Å². The van der Waals surface area contributed by atoms with Gasteiger partial charge in [-0.15, -0.1) is 0 Å². The Morgan fingerprint density at radius 3 is 1.24 bits per heavy atom. The molecule has 0 amide bonds. The Kier molecular flexibility index (Phi) is 10.9. The summed E-state index contributed by atoms with van der Waals surface area (Å²) in [6, 6.07) is 32.0. The van der Waals surface area contributed by atoms with Crippen molar-refractivity contribution in [3.63, 3.8) is 0 Å². The van der Waals surface area contributed by atoms with E-state index in [0.717, 1.165) is 12.8 Å². The van der Waals surface area contributed by atoms with Crippen LogP contribution in [0.5, 0.6) is 0 Å². The van der Waals surface area contributed by atoms with Crippen molar-refractivity contribution < 1.29 is 15.3 Å². The molecule has 0 nitrogen and oxygen atoms in total. The van der Waals surface area contributed by atoms with Crippen LogP contribution < -0.4 is 0 Å². The third kappa shape index (κ3) is 6.07. The van der Waals surface area contributed by atoms with Crippen molar-refractivity contribution in [2.45, 2.75) is 101 Å². The second kappa shape index (κ2) is 14.5. The second-order valence-electron chi connectivity index (χ2n) is 16.3. The van der Waals surface area contributed by atoms with E-state index >= 15 is 0 Å². The van der Waals surface area contributed by atoms with E-state index in [4.69, 9.17) is 17.2 Å². The van der Waals surface area contributed by atoms with Gasteiger partial charge in [-0.1, -0.05) is 0 Å². The summed E-state index contributed by atoms with van der Waals surface area (Å²) >= 11 is -5.13. The van der Waals surface area contributed by atoms with Crippen LogP contribution >= 0.6 is 17.2 Å². The molecule has 4 aromatic rings. The molecule has 4 aromatic carbocycles. The number of rotatable bonds is 11. The minimum atomic E-state index is -5.13. The summed E-state index contributed by atoms with van der Waals surface area (Å²) in [5.41, 5.74) is 16.5. The first-order valence-electron chi connectivity index (χ1n) is 19.2. The average Bonchev–Trinajstić information content (AvgIpc) is 3.72. The molecule has 0 radical (unpaired) electrons. The van der Waals surface area contributed by atoms with Gasteiger partial charge in [0.05, 0.1) is 0 Å². The van der Waals surface area contributed by atoms with Crippen molar-refractivity contribution in [2.75, 3.05) is 0 Å². The average molecular weight is 887 g/mol. The van der Waals surface area contributed by atoms with Crippen molar-refractivity contribution in [3.05, 3.63) is 129 Å². The van der Waals surface area contributed by atoms with E-state index in [2.05, 4.69) is 166 Å². The molecule has 0 fully saturated rings. The van der Waals surface area contributed by atoms with Gasteiger partial charge in [-0.3, -0.25) is 0 Å². The molecule has 4 heteroatoms. The first-order valence-corrected chi connectivity index (χ1v) is 41.4. The molecule has 4 atom stereocenters. The molecular formula is C46H57Cl2HfSi. The fraction of sp³-hybridized carbons (Fsp3) is 0.391. The molecule has 2 aliphatic rings. The maximum atomic E-state index is 8.91. The fourth-order valence-electron chi connectivity index (χ4n) is 9.20. The number of hydrogen-bond acceptors (Lipinski definition) is 0. The van der Waals surface area contributed by atoms with Crippen molar-refractivity contribution >= 4 is 35.3 Å². The minimum absolute atomic E-state index is 0.0909. The van der Waals surface area contributed by atoms with Crippen LogP contribution in [0.3, 0.4) is 0 Å². The molecule has 4 unspecified atom stereocenters. The molecule has 6 rings (SSSR count). The third-order valence-electron chi connectivity index (χ3n) is 12.5. The van der Waals surface area contributed by atoms with Crippen molar-refractivity contribution in [2.24, 2.45) is 11.8 Å². The Morgan fingerprint density at radius 1 is 0.540 bits per heavy atom. The number of hydrogen-bond donors (Lipinski definition) is 0. The van der Waals surface area contributed by atoms with Crippen LogP contribution in [0.15, 0.2) is 96.1 Å². The Bertz CT molecular complexity index is 1830. The Morgan fingerprint density at radius 2 is 0.900 bits per heavy atom. The molecule has 0 aliphatic heterocycles. The zero-order valence-electron chi connectivity index (χ0n) is 31.9. The molecule has 0 aromatic heterocycles. The molecular weight excluding hydrogens is 830 g/mol. The molecule has 0 N–H and O–H groups in total. The second-order valence-corrected chi connectivity index (χ2v) is 75.5. The molecule has 50 heavy (non-hydrogen) atoms.